The van der Waals surface area contributed by atoms with E-state index in [1.807, 2.05) is 26.0 Å². The minimum absolute atomic E-state index is 0.193. The third kappa shape index (κ3) is 5.09. The third-order valence-electron chi connectivity index (χ3n) is 3.23. The molecule has 0 atom stereocenters. The maximum Gasteiger partial charge on any atom is 0.239 e. The van der Waals surface area contributed by atoms with Crippen LogP contribution in [0.2, 0.25) is 0 Å². The minimum atomic E-state index is -3.36. The number of halogens is 1. The molecule has 0 heterocycles. The van der Waals surface area contributed by atoms with Crippen molar-refractivity contribution >= 4 is 37.5 Å². The Morgan fingerprint density at radius 3 is 2.10 bits per heavy atom. The second kappa shape index (κ2) is 7.38. The lowest BCUT2D eigenvalue weighted by Gasteiger charge is -2.18. The highest BCUT2D eigenvalue weighted by Crippen LogP contribution is 2.27. The number of hydrogen-bond acceptors (Lipinski definition) is 3. The second-order valence-electron chi connectivity index (χ2n) is 4.87. The van der Waals surface area contributed by atoms with Gasteiger partial charge >= 0.3 is 0 Å². The molecule has 0 fully saturated rings. The largest absolute Gasteiger partial charge is 0.324 e. The molecule has 1 rings (SSSR count). The molecule has 21 heavy (non-hydrogen) atoms. The van der Waals surface area contributed by atoms with E-state index in [1.54, 1.807) is 0 Å². The molecule has 118 valence electrons. The summed E-state index contributed by atoms with van der Waals surface area (Å²) in [5.41, 5.74) is 2.84. The first-order valence-corrected chi connectivity index (χ1v) is 9.35. The molecule has 0 aliphatic heterocycles. The zero-order valence-electron chi connectivity index (χ0n) is 12.7. The summed E-state index contributed by atoms with van der Waals surface area (Å²) in [6.07, 6.45) is 2.64. The van der Waals surface area contributed by atoms with Crippen molar-refractivity contribution < 1.29 is 13.2 Å². The van der Waals surface area contributed by atoms with Crippen molar-refractivity contribution in [3.05, 3.63) is 27.7 Å². The number of carbonyl (C=O) groups is 1. The number of carbonyl (C=O) groups excluding carboxylic acids is 1. The van der Waals surface area contributed by atoms with Gasteiger partial charge in [-0.05, 0) is 36.1 Å². The highest BCUT2D eigenvalue weighted by atomic mass is 79.9. The van der Waals surface area contributed by atoms with Gasteiger partial charge in [0, 0.05) is 17.2 Å². The van der Waals surface area contributed by atoms with Crippen LogP contribution in [0.25, 0.3) is 0 Å². The van der Waals surface area contributed by atoms with E-state index in [9.17, 15) is 13.2 Å². The van der Waals surface area contributed by atoms with Gasteiger partial charge < -0.3 is 5.32 Å². The lowest BCUT2D eigenvalue weighted by molar-refractivity contribution is -0.116. The highest BCUT2D eigenvalue weighted by Gasteiger charge is 2.17. The van der Waals surface area contributed by atoms with Crippen molar-refractivity contribution in [2.45, 2.75) is 26.7 Å². The van der Waals surface area contributed by atoms with Crippen molar-refractivity contribution in [2.75, 3.05) is 25.2 Å². The average molecular weight is 377 g/mol. The topological polar surface area (TPSA) is 66.5 Å². The third-order valence-corrected chi connectivity index (χ3v) is 4.94. The molecule has 1 aromatic rings. The molecule has 0 aromatic heterocycles. The SMILES string of the molecule is CCc1cc(Br)cc(CC)c1NC(=O)CN(C)S(C)(=O)=O. The van der Waals surface area contributed by atoms with Crippen molar-refractivity contribution in [3.8, 4) is 0 Å². The summed E-state index contributed by atoms with van der Waals surface area (Å²) in [4.78, 5) is 12.1. The van der Waals surface area contributed by atoms with Crippen LogP contribution in [-0.4, -0.2) is 38.5 Å². The monoisotopic (exact) mass is 376 g/mol. The maximum absolute atomic E-state index is 12.1. The second-order valence-corrected chi connectivity index (χ2v) is 7.88. The van der Waals surface area contributed by atoms with Crippen LogP contribution in [0, 0.1) is 0 Å². The Balaban J connectivity index is 2.99. The number of nitrogens with one attached hydrogen (secondary N) is 1. The number of benzene rings is 1. The Bertz CT molecular complexity index is 604. The van der Waals surface area contributed by atoms with Crippen molar-refractivity contribution in [3.63, 3.8) is 0 Å². The quantitative estimate of drug-likeness (QED) is 0.828. The molecule has 1 aromatic carbocycles. The molecule has 0 unspecified atom stereocenters. The molecule has 0 saturated carbocycles. The Labute approximate surface area is 134 Å². The van der Waals surface area contributed by atoms with E-state index in [-0.39, 0.29) is 12.5 Å². The zero-order valence-corrected chi connectivity index (χ0v) is 15.1. The highest BCUT2D eigenvalue weighted by molar-refractivity contribution is 9.10. The van der Waals surface area contributed by atoms with E-state index < -0.39 is 10.0 Å². The number of anilines is 1. The van der Waals surface area contributed by atoms with Gasteiger partial charge in [0.1, 0.15) is 0 Å². The summed E-state index contributed by atoms with van der Waals surface area (Å²) in [5.74, 6) is -0.338. The molecule has 0 aliphatic rings. The van der Waals surface area contributed by atoms with E-state index in [0.717, 1.165) is 44.7 Å². The van der Waals surface area contributed by atoms with E-state index in [0.29, 0.717) is 0 Å². The van der Waals surface area contributed by atoms with Crippen LogP contribution >= 0.6 is 15.9 Å². The summed E-state index contributed by atoms with van der Waals surface area (Å²) in [7, 11) is -1.98. The molecule has 0 bridgehead atoms. The molecule has 0 aliphatic carbocycles. The molecule has 7 heteroatoms. The molecule has 1 N–H and O–H groups in total. The van der Waals surface area contributed by atoms with E-state index >= 15 is 0 Å². The smallest absolute Gasteiger partial charge is 0.239 e. The Kier molecular flexibility index (Phi) is 6.37. The maximum atomic E-state index is 12.1. The summed E-state index contributed by atoms with van der Waals surface area (Å²) < 4.78 is 24.7. The molecular formula is C14H21BrN2O3S. The molecule has 0 saturated heterocycles. The fourth-order valence-corrected chi connectivity index (χ4v) is 2.85. The van der Waals surface area contributed by atoms with Crippen LogP contribution in [0.15, 0.2) is 16.6 Å². The number of nitrogens with zero attached hydrogens (tertiary/aromatic N) is 1. The van der Waals surface area contributed by atoms with Crippen molar-refractivity contribution in [2.24, 2.45) is 0 Å². The van der Waals surface area contributed by atoms with Crippen LogP contribution in [-0.2, 0) is 27.7 Å². The first kappa shape index (κ1) is 18.1. The number of amides is 1. The van der Waals surface area contributed by atoms with Gasteiger partial charge in [0.05, 0.1) is 12.8 Å². The van der Waals surface area contributed by atoms with Gasteiger partial charge in [-0.15, -0.1) is 0 Å². The normalized spacial score (nSPS) is 11.7. The van der Waals surface area contributed by atoms with Gasteiger partial charge in [0.2, 0.25) is 15.9 Å². The molecule has 1 amide bonds. The van der Waals surface area contributed by atoms with Crippen LogP contribution in [0.3, 0.4) is 0 Å². The van der Waals surface area contributed by atoms with Crippen LogP contribution < -0.4 is 5.32 Å². The number of hydrogen-bond donors (Lipinski definition) is 1. The average Bonchev–Trinajstić information content (AvgIpc) is 2.38. The summed E-state index contributed by atoms with van der Waals surface area (Å²) in [6.45, 7) is 3.83. The van der Waals surface area contributed by atoms with E-state index in [4.69, 9.17) is 0 Å². The number of rotatable bonds is 6. The Morgan fingerprint density at radius 1 is 1.24 bits per heavy atom. The fraction of sp³-hybridized carbons (Fsp3) is 0.500. The lowest BCUT2D eigenvalue weighted by Crippen LogP contribution is -2.34. The van der Waals surface area contributed by atoms with Crippen molar-refractivity contribution in [1.29, 1.82) is 0 Å². The fourth-order valence-electron chi connectivity index (χ4n) is 1.94. The molecular weight excluding hydrogens is 356 g/mol. The summed E-state index contributed by atoms with van der Waals surface area (Å²) >= 11 is 3.46. The molecule has 5 nitrogen and oxygen atoms in total. The van der Waals surface area contributed by atoms with Crippen LogP contribution in [0.1, 0.15) is 25.0 Å². The Morgan fingerprint density at radius 2 is 1.71 bits per heavy atom. The van der Waals surface area contributed by atoms with E-state index in [1.165, 1.54) is 7.05 Å². The summed E-state index contributed by atoms with van der Waals surface area (Å²) in [5, 5.41) is 2.85. The Hall–Kier alpha value is -0.920. The molecule has 0 radical (unpaired) electrons. The zero-order chi connectivity index (χ0) is 16.2. The minimum Gasteiger partial charge on any atom is -0.324 e. The number of likely N-dealkylation sites (N-methyl/N-ethyl adjacent to an activating group) is 1. The first-order valence-electron chi connectivity index (χ1n) is 6.71. The van der Waals surface area contributed by atoms with Gasteiger partial charge in [-0.2, -0.15) is 4.31 Å². The lowest BCUT2D eigenvalue weighted by atomic mass is 10.0. The predicted molar refractivity (Wildman–Crippen MR) is 89.0 cm³/mol. The van der Waals surface area contributed by atoms with Gasteiger partial charge in [0.15, 0.2) is 0 Å². The summed E-state index contributed by atoms with van der Waals surface area (Å²) in [6, 6.07) is 3.93. The van der Waals surface area contributed by atoms with Crippen molar-refractivity contribution in [1.82, 2.24) is 4.31 Å². The van der Waals surface area contributed by atoms with Gasteiger partial charge in [0.25, 0.3) is 0 Å². The number of sulfonamides is 1. The first-order chi connectivity index (χ1) is 9.68. The van der Waals surface area contributed by atoms with Gasteiger partial charge in [-0.3, -0.25) is 4.79 Å². The standard InChI is InChI=1S/C14H21BrN2O3S/c1-5-10-7-12(15)8-11(6-2)14(10)16-13(18)9-17(3)21(4,19)20/h7-8H,5-6,9H2,1-4H3,(H,16,18). The van der Waals surface area contributed by atoms with Gasteiger partial charge in [-0.25, -0.2) is 8.42 Å². The number of aryl methyl sites for hydroxylation is 2. The molecule has 0 spiro atoms. The van der Waals surface area contributed by atoms with Crippen LogP contribution in [0.4, 0.5) is 5.69 Å². The van der Waals surface area contributed by atoms with Gasteiger partial charge in [-0.1, -0.05) is 29.8 Å². The predicted octanol–water partition coefficient (Wildman–Crippen LogP) is 2.40. The van der Waals surface area contributed by atoms with Crippen LogP contribution in [0.5, 0.6) is 0 Å². The van der Waals surface area contributed by atoms with E-state index in [2.05, 4.69) is 21.2 Å².